The van der Waals surface area contributed by atoms with Crippen molar-refractivity contribution < 1.29 is 44.2 Å². The molecular weight excluding hydrogens is 829 g/mol. The highest BCUT2D eigenvalue weighted by molar-refractivity contribution is 5.69. The summed E-state index contributed by atoms with van der Waals surface area (Å²) in [6.07, 6.45) is 54.3. The Kier molecular flexibility index (Phi) is 45.4. The van der Waals surface area contributed by atoms with Gasteiger partial charge in [-0.25, -0.2) is 0 Å². The van der Waals surface area contributed by atoms with E-state index in [1.807, 2.05) is 0 Å². The highest BCUT2D eigenvalue weighted by Gasteiger charge is 2.44. The molecule has 0 bridgehead atoms. The molecule has 1 aliphatic heterocycles. The fourth-order valence-corrected chi connectivity index (χ4v) is 8.38. The molecule has 66 heavy (non-hydrogen) atoms. The third-order valence-corrected chi connectivity index (χ3v) is 12.7. The van der Waals surface area contributed by atoms with Crippen molar-refractivity contribution in [2.75, 3.05) is 26.4 Å². The van der Waals surface area contributed by atoms with Crippen LogP contribution in [-0.4, -0.2) is 89.6 Å². The maximum Gasteiger partial charge on any atom is 0.306 e. The molecule has 386 valence electrons. The summed E-state index contributed by atoms with van der Waals surface area (Å²) in [5, 5.41) is 40.3. The Bertz CT molecular complexity index is 1150. The van der Waals surface area contributed by atoms with E-state index >= 15 is 0 Å². The number of allylic oxidation sites excluding steroid dienone is 8. The number of ether oxygens (including phenoxy) is 4. The van der Waals surface area contributed by atoms with Crippen LogP contribution in [0, 0.1) is 0 Å². The van der Waals surface area contributed by atoms with Gasteiger partial charge in [0.05, 0.1) is 19.8 Å². The van der Waals surface area contributed by atoms with Gasteiger partial charge < -0.3 is 39.4 Å². The number of hydrogen-bond acceptors (Lipinski definition) is 9. The minimum absolute atomic E-state index is 0.116. The summed E-state index contributed by atoms with van der Waals surface area (Å²) in [4.78, 5) is 12.8. The van der Waals surface area contributed by atoms with E-state index in [1.165, 1.54) is 180 Å². The number of hydrogen-bond donors (Lipinski definition) is 4. The van der Waals surface area contributed by atoms with Gasteiger partial charge in [0.25, 0.3) is 0 Å². The van der Waals surface area contributed by atoms with E-state index in [-0.39, 0.29) is 19.2 Å². The van der Waals surface area contributed by atoms with Gasteiger partial charge in [-0.2, -0.15) is 0 Å². The lowest BCUT2D eigenvalue weighted by Crippen LogP contribution is -2.59. The van der Waals surface area contributed by atoms with Gasteiger partial charge >= 0.3 is 5.97 Å². The van der Waals surface area contributed by atoms with E-state index < -0.39 is 43.4 Å². The topological polar surface area (TPSA) is 135 Å². The van der Waals surface area contributed by atoms with Crippen molar-refractivity contribution in [1.29, 1.82) is 0 Å². The van der Waals surface area contributed by atoms with E-state index in [0.717, 1.165) is 44.9 Å². The van der Waals surface area contributed by atoms with Crippen molar-refractivity contribution in [2.24, 2.45) is 0 Å². The minimum atomic E-state index is -1.54. The van der Waals surface area contributed by atoms with Gasteiger partial charge in [-0.05, 0) is 77.0 Å². The first-order valence-corrected chi connectivity index (χ1v) is 27.7. The molecule has 0 aromatic carbocycles. The molecule has 6 unspecified atom stereocenters. The number of carbonyl (C=O) groups is 1. The maximum atomic E-state index is 12.8. The fraction of sp³-hybridized carbons (Fsp3) is 0.842. The van der Waals surface area contributed by atoms with Crippen LogP contribution in [0.3, 0.4) is 0 Å². The molecule has 9 heteroatoms. The third kappa shape index (κ3) is 38.1. The molecule has 4 N–H and O–H groups in total. The van der Waals surface area contributed by atoms with Crippen molar-refractivity contribution in [3.63, 3.8) is 0 Å². The van der Waals surface area contributed by atoms with Crippen molar-refractivity contribution in [3.8, 4) is 0 Å². The van der Waals surface area contributed by atoms with Crippen LogP contribution in [0.4, 0.5) is 0 Å². The molecule has 0 aliphatic carbocycles. The molecule has 6 atom stereocenters. The van der Waals surface area contributed by atoms with E-state index in [0.29, 0.717) is 13.0 Å². The van der Waals surface area contributed by atoms with Crippen LogP contribution in [0.1, 0.15) is 245 Å². The normalized spacial score (nSPS) is 19.6. The van der Waals surface area contributed by atoms with Gasteiger partial charge in [-0.1, -0.05) is 210 Å². The molecule has 9 nitrogen and oxygen atoms in total. The lowest BCUT2D eigenvalue weighted by atomic mass is 9.99. The molecule has 0 saturated carbocycles. The SMILES string of the molecule is CCCCCCC/C=C\C/C=C\C/C=C\CCCCCCCCCCCCCOCC(COC1OC(CO)C(O)C(O)C1O)OC(=O)CCCCCCCCC/C=C\CCCCCCCC. The maximum absolute atomic E-state index is 12.8. The predicted molar refractivity (Wildman–Crippen MR) is 275 cm³/mol. The zero-order valence-electron chi connectivity index (χ0n) is 42.7. The first-order valence-electron chi connectivity index (χ1n) is 27.7. The lowest BCUT2D eigenvalue weighted by molar-refractivity contribution is -0.305. The second kappa shape index (κ2) is 48.2. The molecule has 1 aliphatic rings. The largest absolute Gasteiger partial charge is 0.457 e. The smallest absolute Gasteiger partial charge is 0.306 e. The molecule has 1 fully saturated rings. The summed E-state index contributed by atoms with van der Waals surface area (Å²) in [5.41, 5.74) is 0. The summed E-state index contributed by atoms with van der Waals surface area (Å²) >= 11 is 0. The Morgan fingerprint density at radius 1 is 0.485 bits per heavy atom. The van der Waals surface area contributed by atoms with Crippen LogP contribution < -0.4 is 0 Å². The average molecular weight is 933 g/mol. The van der Waals surface area contributed by atoms with E-state index in [9.17, 15) is 25.2 Å². The fourth-order valence-electron chi connectivity index (χ4n) is 8.38. The summed E-state index contributed by atoms with van der Waals surface area (Å²) in [6.45, 7) is 4.56. The zero-order valence-corrected chi connectivity index (χ0v) is 42.7. The molecule has 0 aromatic heterocycles. The van der Waals surface area contributed by atoms with Gasteiger partial charge in [-0.3, -0.25) is 4.79 Å². The summed E-state index contributed by atoms with van der Waals surface area (Å²) < 4.78 is 22.9. The first-order chi connectivity index (χ1) is 32.4. The van der Waals surface area contributed by atoms with Gasteiger partial charge in [0.2, 0.25) is 0 Å². The van der Waals surface area contributed by atoms with Crippen molar-refractivity contribution >= 4 is 5.97 Å². The van der Waals surface area contributed by atoms with E-state index in [2.05, 4.69) is 62.5 Å². The number of carbonyl (C=O) groups excluding carboxylic acids is 1. The Hall–Kier alpha value is -1.85. The summed E-state index contributed by atoms with van der Waals surface area (Å²) in [7, 11) is 0. The van der Waals surface area contributed by atoms with Crippen molar-refractivity contribution in [3.05, 3.63) is 48.6 Å². The molecular formula is C57H104O9. The monoisotopic (exact) mass is 933 g/mol. The van der Waals surface area contributed by atoms with Crippen molar-refractivity contribution in [1.82, 2.24) is 0 Å². The molecule has 0 aromatic rings. The minimum Gasteiger partial charge on any atom is -0.457 e. The molecule has 0 amide bonds. The second-order valence-electron chi connectivity index (χ2n) is 19.0. The first kappa shape index (κ1) is 62.2. The summed E-state index contributed by atoms with van der Waals surface area (Å²) in [5.74, 6) is -0.317. The Balaban J connectivity index is 2.16. The van der Waals surface area contributed by atoms with Crippen LogP contribution >= 0.6 is 0 Å². The predicted octanol–water partition coefficient (Wildman–Crippen LogP) is 14.0. The Labute approximate surface area is 405 Å². The number of esters is 1. The standard InChI is InChI=1S/C57H104O9/c1-3-5-7-9-11-13-15-17-19-21-22-23-24-25-26-27-28-29-31-33-35-37-39-41-43-45-47-63-49-51(50-64-57-56(62)55(61)54(60)52(48-58)66-57)65-53(59)46-44-42-40-38-36-34-32-30-20-18-16-14-12-10-8-6-4-2/h15,17-18,20-22,24-25,51-52,54-58,60-62H,3-14,16,19,23,26-50H2,1-2H3/b17-15-,20-18-,22-21-,25-24-. The average Bonchev–Trinajstić information content (AvgIpc) is 3.32. The van der Waals surface area contributed by atoms with E-state index in [1.54, 1.807) is 0 Å². The number of rotatable bonds is 48. The lowest BCUT2D eigenvalue weighted by Gasteiger charge is -2.39. The zero-order chi connectivity index (χ0) is 47.8. The van der Waals surface area contributed by atoms with Crippen LogP contribution in [0.15, 0.2) is 48.6 Å². The highest BCUT2D eigenvalue weighted by Crippen LogP contribution is 2.23. The highest BCUT2D eigenvalue weighted by atomic mass is 16.7. The molecule has 0 radical (unpaired) electrons. The Morgan fingerprint density at radius 3 is 1.33 bits per heavy atom. The second-order valence-corrected chi connectivity index (χ2v) is 19.0. The molecule has 1 rings (SSSR count). The van der Waals surface area contributed by atoms with Crippen LogP contribution in [-0.2, 0) is 23.7 Å². The van der Waals surface area contributed by atoms with Gasteiger partial charge in [0.15, 0.2) is 6.29 Å². The van der Waals surface area contributed by atoms with Crippen LogP contribution in [0.2, 0.25) is 0 Å². The quantitative estimate of drug-likeness (QED) is 0.0267. The molecule has 1 heterocycles. The van der Waals surface area contributed by atoms with Gasteiger partial charge in [0.1, 0.15) is 30.5 Å². The van der Waals surface area contributed by atoms with E-state index in [4.69, 9.17) is 18.9 Å². The summed E-state index contributed by atoms with van der Waals surface area (Å²) in [6, 6.07) is 0. The van der Waals surface area contributed by atoms with Crippen molar-refractivity contribution in [2.45, 2.75) is 282 Å². The molecule has 1 saturated heterocycles. The Morgan fingerprint density at radius 2 is 0.879 bits per heavy atom. The number of aliphatic hydroxyl groups is 4. The number of aliphatic hydroxyl groups excluding tert-OH is 4. The van der Waals surface area contributed by atoms with Crippen LogP contribution in [0.25, 0.3) is 0 Å². The molecule has 0 spiro atoms. The van der Waals surface area contributed by atoms with Gasteiger partial charge in [-0.15, -0.1) is 0 Å². The number of unbranched alkanes of at least 4 members (excludes halogenated alkanes) is 29. The van der Waals surface area contributed by atoms with Gasteiger partial charge in [0, 0.05) is 13.0 Å². The van der Waals surface area contributed by atoms with Crippen LogP contribution in [0.5, 0.6) is 0 Å². The third-order valence-electron chi connectivity index (χ3n) is 12.7.